The zero-order valence-electron chi connectivity index (χ0n) is 4.17. The Balaban J connectivity index is 2.75. The number of hydrogen-bond donors (Lipinski definition) is 0. The molecule has 5 heteroatoms. The van der Waals surface area contributed by atoms with E-state index >= 15 is 0 Å². The van der Waals surface area contributed by atoms with Gasteiger partial charge in [-0.05, 0) is 0 Å². The molecule has 0 unspecified atom stereocenters. The summed E-state index contributed by atoms with van der Waals surface area (Å²) >= 11 is 1.64. The van der Waals surface area contributed by atoms with Crippen LogP contribution in [-0.2, 0) is 9.59 Å². The maximum absolute atomic E-state index is 10.7. The Hall–Kier alpha value is 0.340. The van der Waals surface area contributed by atoms with Crippen LogP contribution in [0.1, 0.15) is 0 Å². The Morgan fingerprint density at radius 2 is 1.78 bits per heavy atom. The third kappa shape index (κ3) is 1.42. The van der Waals surface area contributed by atoms with Gasteiger partial charge in [-0.3, -0.25) is 0 Å². The first-order valence-corrected chi connectivity index (χ1v) is 9.33. The number of carbonyl (C=O) groups is 2. The van der Waals surface area contributed by atoms with Crippen molar-refractivity contribution < 1.29 is 27.1 Å². The summed E-state index contributed by atoms with van der Waals surface area (Å²) in [5.74, 6) is -0.329. The SMILES string of the molecule is O=C1C=CC(=O)N1[I-]I. The van der Waals surface area contributed by atoms with Crippen molar-refractivity contribution in [2.75, 3.05) is 0 Å². The molecule has 0 aromatic carbocycles. The van der Waals surface area contributed by atoms with Crippen molar-refractivity contribution in [2.24, 2.45) is 0 Å². The Morgan fingerprint density at radius 1 is 1.33 bits per heavy atom. The van der Waals surface area contributed by atoms with Crippen molar-refractivity contribution in [1.82, 2.24) is 3.11 Å². The van der Waals surface area contributed by atoms with E-state index in [1.165, 1.54) is 15.3 Å². The fraction of sp³-hybridized carbons (Fsp3) is 0. The van der Waals surface area contributed by atoms with Gasteiger partial charge in [0.05, 0.1) is 0 Å². The van der Waals surface area contributed by atoms with E-state index in [0.29, 0.717) is 0 Å². The molecule has 1 aliphatic heterocycles. The number of nitrogens with zero attached hydrogens (tertiary/aromatic N) is 1. The van der Waals surface area contributed by atoms with Crippen LogP contribution in [0, 0.1) is 0 Å². The normalized spacial score (nSPS) is 18.1. The summed E-state index contributed by atoms with van der Waals surface area (Å²) in [4.78, 5) is 21.3. The van der Waals surface area contributed by atoms with Crippen LogP contribution in [0.4, 0.5) is 0 Å². The zero-order chi connectivity index (χ0) is 6.85. The van der Waals surface area contributed by atoms with E-state index in [2.05, 4.69) is 18.6 Å². The monoisotopic (exact) mass is 350 g/mol. The van der Waals surface area contributed by atoms with E-state index in [4.69, 9.17) is 0 Å². The Bertz CT molecular complexity index is 171. The summed E-state index contributed by atoms with van der Waals surface area (Å²) in [6.07, 6.45) is 2.61. The van der Waals surface area contributed by atoms with Gasteiger partial charge < -0.3 is 0 Å². The van der Waals surface area contributed by atoms with Gasteiger partial charge >= 0.3 is 72.8 Å². The topological polar surface area (TPSA) is 37.4 Å². The summed E-state index contributed by atoms with van der Waals surface area (Å²) in [6, 6.07) is 0. The van der Waals surface area contributed by atoms with Crippen molar-refractivity contribution in [1.29, 1.82) is 0 Å². The quantitative estimate of drug-likeness (QED) is 0.293. The number of carbonyl (C=O) groups excluding carboxylic acids is 2. The summed E-state index contributed by atoms with van der Waals surface area (Å²) in [6.45, 7) is 0. The van der Waals surface area contributed by atoms with Crippen LogP contribution >= 0.6 is 18.6 Å². The molecule has 0 radical (unpaired) electrons. The molecule has 1 heterocycles. The molecule has 9 heavy (non-hydrogen) atoms. The number of imide groups is 1. The van der Waals surface area contributed by atoms with Crippen LogP contribution in [-0.4, -0.2) is 14.9 Å². The number of rotatable bonds is 1. The second kappa shape index (κ2) is 2.95. The predicted octanol–water partition coefficient (Wildman–Crippen LogP) is -2.73. The van der Waals surface area contributed by atoms with Gasteiger partial charge in [0.2, 0.25) is 0 Å². The zero-order valence-corrected chi connectivity index (χ0v) is 8.49. The van der Waals surface area contributed by atoms with E-state index < -0.39 is 17.5 Å². The summed E-state index contributed by atoms with van der Waals surface area (Å²) < 4.78 is 1.28. The molecule has 0 spiro atoms. The molecule has 0 N–H and O–H groups in total. The van der Waals surface area contributed by atoms with Crippen molar-refractivity contribution in [3.8, 4) is 0 Å². The van der Waals surface area contributed by atoms with E-state index in [1.54, 1.807) is 0 Å². The summed E-state index contributed by atoms with van der Waals surface area (Å²) in [7, 11) is 0. The van der Waals surface area contributed by atoms with Crippen LogP contribution in [0.3, 0.4) is 0 Å². The Labute approximate surface area is 72.3 Å². The van der Waals surface area contributed by atoms with E-state index in [-0.39, 0.29) is 11.8 Å². The van der Waals surface area contributed by atoms with Gasteiger partial charge in [0, 0.05) is 0 Å². The second-order valence-electron chi connectivity index (χ2n) is 1.35. The van der Waals surface area contributed by atoms with Crippen LogP contribution in [0.5, 0.6) is 0 Å². The van der Waals surface area contributed by atoms with Gasteiger partial charge in [0.1, 0.15) is 0 Å². The fourth-order valence-electron chi connectivity index (χ4n) is 0.445. The van der Waals surface area contributed by atoms with Gasteiger partial charge in [0.15, 0.2) is 0 Å². The molecule has 0 aromatic rings. The third-order valence-corrected chi connectivity index (χ3v) is 4.58. The van der Waals surface area contributed by atoms with Gasteiger partial charge in [-0.1, -0.05) is 0 Å². The summed E-state index contributed by atoms with van der Waals surface area (Å²) in [5, 5.41) is 0. The molecule has 0 aliphatic carbocycles. The average Bonchev–Trinajstić information content (AvgIpc) is 2.12. The van der Waals surface area contributed by atoms with Crippen molar-refractivity contribution >= 4 is 30.4 Å². The molecule has 3 nitrogen and oxygen atoms in total. The van der Waals surface area contributed by atoms with Crippen molar-refractivity contribution in [3.63, 3.8) is 0 Å². The fourth-order valence-corrected chi connectivity index (χ4v) is 3.54. The van der Waals surface area contributed by atoms with Crippen LogP contribution < -0.4 is 17.5 Å². The molecular weight excluding hydrogens is 348 g/mol. The molecule has 0 fully saturated rings. The molecule has 0 bridgehead atoms. The Morgan fingerprint density at radius 3 is 2.00 bits per heavy atom. The first-order valence-electron chi connectivity index (χ1n) is 2.08. The molecule has 0 saturated carbocycles. The van der Waals surface area contributed by atoms with Crippen LogP contribution in [0.25, 0.3) is 0 Å². The second-order valence-corrected chi connectivity index (χ2v) is 5.13. The molecule has 1 rings (SSSR count). The molecule has 1 aliphatic rings. The third-order valence-electron chi connectivity index (χ3n) is 0.819. The maximum atomic E-state index is 10.7. The van der Waals surface area contributed by atoms with Gasteiger partial charge in [0.25, 0.3) is 0 Å². The van der Waals surface area contributed by atoms with Gasteiger partial charge in [-0.15, -0.1) is 0 Å². The minimum atomic E-state index is -0.435. The number of amides is 2. The van der Waals surface area contributed by atoms with Crippen molar-refractivity contribution in [2.45, 2.75) is 0 Å². The molecule has 0 saturated heterocycles. The molecule has 2 amide bonds. The van der Waals surface area contributed by atoms with Crippen LogP contribution in [0.15, 0.2) is 12.2 Å². The molecule has 0 aromatic heterocycles. The summed E-state index contributed by atoms with van der Waals surface area (Å²) in [5.41, 5.74) is 0. The first kappa shape index (κ1) is 7.45. The van der Waals surface area contributed by atoms with Crippen LogP contribution in [0.2, 0.25) is 0 Å². The molecule has 0 atom stereocenters. The minimum absolute atomic E-state index is 0.165. The van der Waals surface area contributed by atoms with Crippen molar-refractivity contribution in [3.05, 3.63) is 12.2 Å². The average molecular weight is 350 g/mol. The molecular formula is C4H2I2NO2-. The molecule has 50 valence electrons. The van der Waals surface area contributed by atoms with E-state index in [1.807, 2.05) is 0 Å². The standard InChI is InChI=1S/C4H2I2NO2/c5-6-7-3(8)1-2-4(7)9/h1-2H/q-1. The van der Waals surface area contributed by atoms with Gasteiger partial charge in [-0.25, -0.2) is 0 Å². The number of hydrogen-bond acceptors (Lipinski definition) is 2. The van der Waals surface area contributed by atoms with E-state index in [9.17, 15) is 9.59 Å². The van der Waals surface area contributed by atoms with Gasteiger partial charge in [-0.2, -0.15) is 0 Å². The number of halogens is 2. The first-order chi connectivity index (χ1) is 4.25. The van der Waals surface area contributed by atoms with E-state index in [0.717, 1.165) is 0 Å². The Kier molecular flexibility index (Phi) is 2.44. The predicted molar refractivity (Wildman–Crippen MR) is 35.0 cm³/mol.